The first kappa shape index (κ1) is 23.2. The zero-order valence-corrected chi connectivity index (χ0v) is 18.4. The SMILES string of the molecule is CCCCCCCCCCCCC(Oc1ccc(-c2ccccc2)cc1)C(C)=O. The number of carbonyl (C=O) groups is 1. The van der Waals surface area contributed by atoms with E-state index < -0.39 is 0 Å². The van der Waals surface area contributed by atoms with Gasteiger partial charge in [-0.25, -0.2) is 0 Å². The molecular weight excluding hydrogens is 356 g/mol. The lowest BCUT2D eigenvalue weighted by Crippen LogP contribution is -2.24. The van der Waals surface area contributed by atoms with Gasteiger partial charge in [-0.05, 0) is 43.0 Å². The van der Waals surface area contributed by atoms with Crippen LogP contribution in [0.1, 0.15) is 84.5 Å². The summed E-state index contributed by atoms with van der Waals surface area (Å²) in [5.41, 5.74) is 2.35. The van der Waals surface area contributed by atoms with Crippen molar-refractivity contribution in [1.29, 1.82) is 0 Å². The maximum absolute atomic E-state index is 12.0. The minimum Gasteiger partial charge on any atom is -0.483 e. The maximum Gasteiger partial charge on any atom is 0.170 e. The number of hydrogen-bond donors (Lipinski definition) is 0. The predicted octanol–water partition coefficient (Wildman–Crippen LogP) is 8.00. The second kappa shape index (κ2) is 14.0. The van der Waals surface area contributed by atoms with E-state index in [9.17, 15) is 4.79 Å². The van der Waals surface area contributed by atoms with E-state index in [0.29, 0.717) is 0 Å². The summed E-state index contributed by atoms with van der Waals surface area (Å²) in [7, 11) is 0. The van der Waals surface area contributed by atoms with Crippen molar-refractivity contribution >= 4 is 5.78 Å². The van der Waals surface area contributed by atoms with Crippen molar-refractivity contribution in [3.8, 4) is 16.9 Å². The molecule has 2 aromatic carbocycles. The zero-order valence-electron chi connectivity index (χ0n) is 18.4. The first-order valence-electron chi connectivity index (χ1n) is 11.5. The monoisotopic (exact) mass is 394 g/mol. The highest BCUT2D eigenvalue weighted by Crippen LogP contribution is 2.23. The average molecular weight is 395 g/mol. The molecule has 2 heteroatoms. The van der Waals surface area contributed by atoms with Crippen molar-refractivity contribution in [2.75, 3.05) is 0 Å². The Labute approximate surface area is 177 Å². The van der Waals surface area contributed by atoms with Gasteiger partial charge >= 0.3 is 0 Å². The normalized spacial score (nSPS) is 11.9. The number of ketones is 1. The van der Waals surface area contributed by atoms with Crippen molar-refractivity contribution in [2.45, 2.75) is 90.6 Å². The van der Waals surface area contributed by atoms with Crippen molar-refractivity contribution in [3.63, 3.8) is 0 Å². The van der Waals surface area contributed by atoms with E-state index in [1.165, 1.54) is 63.4 Å². The molecule has 0 aliphatic rings. The van der Waals surface area contributed by atoms with Gasteiger partial charge in [0, 0.05) is 0 Å². The molecule has 0 radical (unpaired) electrons. The first-order chi connectivity index (χ1) is 14.2. The van der Waals surface area contributed by atoms with E-state index in [-0.39, 0.29) is 11.9 Å². The molecule has 0 saturated heterocycles. The van der Waals surface area contributed by atoms with E-state index in [2.05, 4.69) is 31.2 Å². The van der Waals surface area contributed by atoms with Gasteiger partial charge in [0.1, 0.15) is 5.75 Å². The molecule has 0 aliphatic heterocycles. The highest BCUT2D eigenvalue weighted by molar-refractivity contribution is 5.80. The molecule has 1 atom stereocenters. The largest absolute Gasteiger partial charge is 0.483 e. The number of carbonyl (C=O) groups excluding carboxylic acids is 1. The lowest BCUT2D eigenvalue weighted by atomic mass is 10.0. The fraction of sp³-hybridized carbons (Fsp3) is 0.519. The Kier molecular flexibility index (Phi) is 11.2. The lowest BCUT2D eigenvalue weighted by molar-refractivity contribution is -0.123. The van der Waals surface area contributed by atoms with Gasteiger partial charge in [0.25, 0.3) is 0 Å². The summed E-state index contributed by atoms with van der Waals surface area (Å²) >= 11 is 0. The van der Waals surface area contributed by atoms with Gasteiger partial charge in [-0.2, -0.15) is 0 Å². The van der Waals surface area contributed by atoms with Crippen LogP contribution in [0.15, 0.2) is 54.6 Å². The van der Waals surface area contributed by atoms with Gasteiger partial charge in [-0.3, -0.25) is 4.79 Å². The van der Waals surface area contributed by atoms with E-state index in [1.807, 2.05) is 30.3 Å². The Morgan fingerprint density at radius 3 is 1.79 bits per heavy atom. The number of rotatable bonds is 15. The molecule has 0 spiro atoms. The molecule has 1 unspecified atom stereocenters. The summed E-state index contributed by atoms with van der Waals surface area (Å²) in [5.74, 6) is 0.894. The van der Waals surface area contributed by atoms with Crippen LogP contribution in [0.25, 0.3) is 11.1 Å². The Balaban J connectivity index is 1.67. The smallest absolute Gasteiger partial charge is 0.170 e. The third-order valence-corrected chi connectivity index (χ3v) is 5.51. The maximum atomic E-state index is 12.0. The molecule has 158 valence electrons. The van der Waals surface area contributed by atoms with Crippen LogP contribution < -0.4 is 4.74 Å². The van der Waals surface area contributed by atoms with Crippen LogP contribution in [-0.4, -0.2) is 11.9 Å². The van der Waals surface area contributed by atoms with Gasteiger partial charge in [0.15, 0.2) is 11.9 Å². The quantitative estimate of drug-likeness (QED) is 0.286. The highest BCUT2D eigenvalue weighted by Gasteiger charge is 2.15. The average Bonchev–Trinajstić information content (AvgIpc) is 2.75. The summed E-state index contributed by atoms with van der Waals surface area (Å²) in [6.07, 6.45) is 13.5. The summed E-state index contributed by atoms with van der Waals surface area (Å²) in [4.78, 5) is 12.0. The van der Waals surface area contributed by atoms with Crippen molar-refractivity contribution < 1.29 is 9.53 Å². The molecule has 2 rings (SSSR count). The fourth-order valence-electron chi connectivity index (χ4n) is 3.68. The third-order valence-electron chi connectivity index (χ3n) is 5.51. The van der Waals surface area contributed by atoms with Crippen LogP contribution in [0.4, 0.5) is 0 Å². The van der Waals surface area contributed by atoms with Crippen LogP contribution in [0.5, 0.6) is 5.75 Å². The molecule has 0 fully saturated rings. The van der Waals surface area contributed by atoms with Crippen molar-refractivity contribution in [1.82, 2.24) is 0 Å². The number of Topliss-reactive ketones (excluding diaryl/α,β-unsaturated/α-hetero) is 1. The van der Waals surface area contributed by atoms with Gasteiger partial charge in [-0.1, -0.05) is 107 Å². The standard InChI is InChI=1S/C27H38O2/c1-3-4-5-6-7-8-9-10-11-15-18-27(23(2)28)29-26-21-19-25(20-22-26)24-16-13-12-14-17-24/h12-14,16-17,19-22,27H,3-11,15,18H2,1-2H3. The lowest BCUT2D eigenvalue weighted by Gasteiger charge is -2.17. The predicted molar refractivity (Wildman–Crippen MR) is 123 cm³/mol. The summed E-state index contributed by atoms with van der Waals surface area (Å²) in [6.45, 7) is 3.90. The van der Waals surface area contributed by atoms with Crippen LogP contribution in [0.2, 0.25) is 0 Å². The van der Waals surface area contributed by atoms with Crippen molar-refractivity contribution in [3.05, 3.63) is 54.6 Å². The molecule has 0 amide bonds. The zero-order chi connectivity index (χ0) is 20.7. The number of unbranched alkanes of at least 4 members (excludes halogenated alkanes) is 9. The molecular formula is C27H38O2. The van der Waals surface area contributed by atoms with Gasteiger partial charge in [0.05, 0.1) is 0 Å². The van der Waals surface area contributed by atoms with Crippen molar-refractivity contribution in [2.24, 2.45) is 0 Å². The second-order valence-corrected chi connectivity index (χ2v) is 8.08. The van der Waals surface area contributed by atoms with Gasteiger partial charge < -0.3 is 4.74 Å². The van der Waals surface area contributed by atoms with Crippen LogP contribution >= 0.6 is 0 Å². The number of benzene rings is 2. The Morgan fingerprint density at radius 1 is 0.724 bits per heavy atom. The number of ether oxygens (including phenoxy) is 1. The third kappa shape index (κ3) is 9.30. The molecule has 29 heavy (non-hydrogen) atoms. The van der Waals surface area contributed by atoms with Gasteiger partial charge in [0.2, 0.25) is 0 Å². The Bertz CT molecular complexity index is 675. The highest BCUT2D eigenvalue weighted by atomic mass is 16.5. The Hall–Kier alpha value is -2.09. The number of hydrogen-bond acceptors (Lipinski definition) is 2. The van der Waals surface area contributed by atoms with E-state index in [1.54, 1.807) is 6.92 Å². The summed E-state index contributed by atoms with van der Waals surface area (Å²) in [5, 5.41) is 0. The molecule has 2 aromatic rings. The van der Waals surface area contributed by atoms with Crippen LogP contribution in [-0.2, 0) is 4.79 Å². The van der Waals surface area contributed by atoms with Gasteiger partial charge in [-0.15, -0.1) is 0 Å². The van der Waals surface area contributed by atoms with Crippen LogP contribution in [0.3, 0.4) is 0 Å². The summed E-state index contributed by atoms with van der Waals surface area (Å²) < 4.78 is 6.00. The molecule has 0 N–H and O–H groups in total. The first-order valence-corrected chi connectivity index (χ1v) is 11.5. The molecule has 2 nitrogen and oxygen atoms in total. The molecule has 0 aromatic heterocycles. The topological polar surface area (TPSA) is 26.3 Å². The minimum absolute atomic E-state index is 0.119. The fourth-order valence-corrected chi connectivity index (χ4v) is 3.68. The second-order valence-electron chi connectivity index (χ2n) is 8.08. The van der Waals surface area contributed by atoms with E-state index in [4.69, 9.17) is 4.74 Å². The minimum atomic E-state index is -0.327. The molecule has 0 bridgehead atoms. The van der Waals surface area contributed by atoms with E-state index in [0.717, 1.165) is 24.2 Å². The molecule has 0 aliphatic carbocycles. The molecule has 0 saturated carbocycles. The Morgan fingerprint density at radius 2 is 1.24 bits per heavy atom. The summed E-state index contributed by atoms with van der Waals surface area (Å²) in [6, 6.07) is 18.3. The van der Waals surface area contributed by atoms with Crippen LogP contribution in [0, 0.1) is 0 Å². The molecule has 0 heterocycles. The van der Waals surface area contributed by atoms with E-state index >= 15 is 0 Å².